The van der Waals surface area contributed by atoms with Crippen LogP contribution in [0.4, 0.5) is 0 Å². The average molecular weight is 230 g/mol. The number of hydrogen-bond donors (Lipinski definition) is 0. The van der Waals surface area contributed by atoms with Crippen molar-refractivity contribution in [2.24, 2.45) is 0 Å². The molecule has 1 fully saturated rings. The van der Waals surface area contributed by atoms with Crippen LogP contribution in [-0.2, 0) is 0 Å². The molecule has 0 aromatic carbocycles. The zero-order valence-electron chi connectivity index (χ0n) is 10.7. The maximum atomic E-state index is 4.75. The Kier molecular flexibility index (Phi) is 12.0. The smallest absolute Gasteiger partial charge is 1.00 e. The minimum atomic E-state index is 0. The minimum Gasteiger partial charge on any atom is -1.00 e. The molecule has 1 saturated heterocycles. The van der Waals surface area contributed by atoms with E-state index in [1.807, 2.05) is 13.8 Å². The van der Waals surface area contributed by atoms with Gasteiger partial charge in [0, 0.05) is 0 Å². The molecule has 0 amide bonds. The van der Waals surface area contributed by atoms with Gasteiger partial charge in [0.15, 0.2) is 0 Å². The fourth-order valence-corrected chi connectivity index (χ4v) is 1.88. The summed E-state index contributed by atoms with van der Waals surface area (Å²) in [6.07, 6.45) is 3.86. The normalized spacial score (nSPS) is 21.9. The van der Waals surface area contributed by atoms with Crippen molar-refractivity contribution in [2.45, 2.75) is 71.9 Å². The second kappa shape index (κ2) is 8.20. The van der Waals surface area contributed by atoms with E-state index in [0.717, 1.165) is 0 Å². The van der Waals surface area contributed by atoms with E-state index in [1.54, 1.807) is 0 Å². The summed E-state index contributed by atoms with van der Waals surface area (Å²) >= 11 is 0. The minimum absolute atomic E-state index is 0. The third-order valence-electron chi connectivity index (χ3n) is 2.18. The van der Waals surface area contributed by atoms with Gasteiger partial charge in [-0.3, -0.25) is 0 Å². The van der Waals surface area contributed by atoms with Crippen LogP contribution in [0.5, 0.6) is 0 Å². The average Bonchev–Trinajstić information content (AvgIpc) is 1.86. The van der Waals surface area contributed by atoms with Crippen LogP contribution in [0.2, 0.25) is 0 Å². The Morgan fingerprint density at radius 2 is 1.14 bits per heavy atom. The van der Waals surface area contributed by atoms with Gasteiger partial charge in [0.25, 0.3) is 0 Å². The molecule has 1 nitrogen and oxygen atoms in total. The molecular formula is C11H24ClMgN. The van der Waals surface area contributed by atoms with Crippen LogP contribution in [-0.4, -0.2) is 34.1 Å². The van der Waals surface area contributed by atoms with Gasteiger partial charge in [0.2, 0.25) is 0 Å². The number of piperidine rings is 1. The van der Waals surface area contributed by atoms with E-state index in [-0.39, 0.29) is 46.5 Å². The predicted octanol–water partition coefficient (Wildman–Crippen LogP) is 0.751. The second-order valence-electron chi connectivity index (χ2n) is 4.59. The molecule has 0 spiro atoms. The van der Waals surface area contributed by atoms with Gasteiger partial charge in [-0.2, -0.15) is 0 Å². The molecule has 0 radical (unpaired) electrons. The van der Waals surface area contributed by atoms with E-state index in [2.05, 4.69) is 27.7 Å². The Bertz CT molecular complexity index is 121. The van der Waals surface area contributed by atoms with Crippen LogP contribution >= 0.6 is 0 Å². The third-order valence-corrected chi connectivity index (χ3v) is 2.18. The summed E-state index contributed by atoms with van der Waals surface area (Å²) in [5, 5.41) is 4.75. The molecule has 0 aliphatic carbocycles. The summed E-state index contributed by atoms with van der Waals surface area (Å²) in [6, 6.07) is 0. The maximum absolute atomic E-state index is 4.75. The van der Waals surface area contributed by atoms with Gasteiger partial charge < -0.3 is 17.7 Å². The molecule has 0 saturated carbocycles. The number of halogens is 1. The van der Waals surface area contributed by atoms with Crippen molar-refractivity contribution < 1.29 is 12.4 Å². The van der Waals surface area contributed by atoms with E-state index in [0.29, 0.717) is 0 Å². The summed E-state index contributed by atoms with van der Waals surface area (Å²) in [5.74, 6) is 0. The molecule has 0 aromatic heterocycles. The van der Waals surface area contributed by atoms with Crippen molar-refractivity contribution in [3.8, 4) is 0 Å². The zero-order valence-corrected chi connectivity index (χ0v) is 12.8. The van der Waals surface area contributed by atoms with E-state index in [9.17, 15) is 0 Å². The molecule has 3 heteroatoms. The fraction of sp³-hybridized carbons (Fsp3) is 1.00. The van der Waals surface area contributed by atoms with Gasteiger partial charge in [-0.05, 0) is 0 Å². The van der Waals surface area contributed by atoms with Crippen LogP contribution in [0.3, 0.4) is 0 Å². The Labute approximate surface area is 112 Å². The molecule has 0 atom stereocenters. The molecule has 0 unspecified atom stereocenters. The molecule has 1 aliphatic heterocycles. The monoisotopic (exact) mass is 229 g/mol. The van der Waals surface area contributed by atoms with Gasteiger partial charge in [0.05, 0.1) is 0 Å². The summed E-state index contributed by atoms with van der Waals surface area (Å²) < 4.78 is 0. The van der Waals surface area contributed by atoms with Crippen molar-refractivity contribution in [2.75, 3.05) is 0 Å². The van der Waals surface area contributed by atoms with E-state index < -0.39 is 0 Å². The molecule has 1 heterocycles. The van der Waals surface area contributed by atoms with Crippen LogP contribution < -0.4 is 12.4 Å². The first-order valence-corrected chi connectivity index (χ1v) is 5.15. The Hall–Kier alpha value is 1.02. The molecule has 14 heavy (non-hydrogen) atoms. The zero-order chi connectivity index (χ0) is 9.83. The van der Waals surface area contributed by atoms with Crippen LogP contribution in [0.15, 0.2) is 0 Å². The van der Waals surface area contributed by atoms with Crippen molar-refractivity contribution in [3.63, 3.8) is 0 Å². The molecule has 1 aliphatic rings. The fourth-order valence-electron chi connectivity index (χ4n) is 1.88. The summed E-state index contributed by atoms with van der Waals surface area (Å²) in [6.45, 7) is 12.9. The molecule has 1 rings (SSSR count). The number of nitrogens with zero attached hydrogens (tertiary/aromatic N) is 1. The van der Waals surface area contributed by atoms with E-state index in [4.69, 9.17) is 5.32 Å². The van der Waals surface area contributed by atoms with E-state index >= 15 is 0 Å². The Morgan fingerprint density at radius 3 is 1.29 bits per heavy atom. The van der Waals surface area contributed by atoms with Gasteiger partial charge in [-0.25, -0.2) is 0 Å². The molecule has 0 bridgehead atoms. The second-order valence-corrected chi connectivity index (χ2v) is 4.59. The molecular weight excluding hydrogens is 206 g/mol. The van der Waals surface area contributed by atoms with Gasteiger partial charge in [0.1, 0.15) is 0 Å². The van der Waals surface area contributed by atoms with Crippen molar-refractivity contribution in [3.05, 3.63) is 5.32 Å². The van der Waals surface area contributed by atoms with Crippen LogP contribution in [0.1, 0.15) is 60.8 Å². The van der Waals surface area contributed by atoms with Crippen LogP contribution in [0.25, 0.3) is 5.32 Å². The third kappa shape index (κ3) is 8.33. The first-order chi connectivity index (χ1) is 5.41. The SMILES string of the molecule is CC.CC1(C)CCCC(C)(C)[N-]1.[Cl-].[Mg+2]. The largest absolute Gasteiger partial charge is 2.00 e. The molecule has 0 aromatic rings. The molecule has 0 N–H and O–H groups in total. The van der Waals surface area contributed by atoms with Gasteiger partial charge in [-0.1, -0.05) is 60.8 Å². The summed E-state index contributed by atoms with van der Waals surface area (Å²) in [4.78, 5) is 0. The quantitative estimate of drug-likeness (QED) is 0.545. The van der Waals surface area contributed by atoms with Gasteiger partial charge >= 0.3 is 23.1 Å². The first kappa shape index (κ1) is 20.4. The first-order valence-electron chi connectivity index (χ1n) is 5.15. The van der Waals surface area contributed by atoms with Crippen molar-refractivity contribution in [1.82, 2.24) is 0 Å². The Balaban J connectivity index is -0.000000284. The topological polar surface area (TPSA) is 14.1 Å². The Morgan fingerprint density at radius 1 is 0.857 bits per heavy atom. The number of rotatable bonds is 0. The van der Waals surface area contributed by atoms with Crippen molar-refractivity contribution in [1.29, 1.82) is 0 Å². The van der Waals surface area contributed by atoms with E-state index in [1.165, 1.54) is 19.3 Å². The van der Waals surface area contributed by atoms with Crippen molar-refractivity contribution >= 4 is 23.1 Å². The predicted molar refractivity (Wildman–Crippen MR) is 62.5 cm³/mol. The van der Waals surface area contributed by atoms with Gasteiger partial charge in [-0.15, -0.1) is 11.1 Å². The standard InChI is InChI=1S/C9H18N.C2H6.ClH.Mg/c1-8(2)6-5-7-9(3,4)10-8;1-2;;/h5-7H2,1-4H3;1-2H3;1H;/q-1;;;+2/p-1. The molecule has 82 valence electrons. The number of hydrogen-bond acceptors (Lipinski definition) is 0. The summed E-state index contributed by atoms with van der Waals surface area (Å²) in [5.41, 5.74) is 0.476. The summed E-state index contributed by atoms with van der Waals surface area (Å²) in [7, 11) is 0. The maximum Gasteiger partial charge on any atom is 2.00 e. The van der Waals surface area contributed by atoms with Crippen LogP contribution in [0, 0.1) is 0 Å².